The predicted octanol–water partition coefficient (Wildman–Crippen LogP) is 0.323. The molecule has 0 aliphatic carbocycles. The van der Waals surface area contributed by atoms with Crippen molar-refractivity contribution in [2.24, 2.45) is 22.4 Å². The lowest BCUT2D eigenvalue weighted by atomic mass is 10.0. The molecule has 26 heavy (non-hydrogen) atoms. The molecule has 8 heteroatoms. The minimum absolute atomic E-state index is 0.0222. The van der Waals surface area contributed by atoms with E-state index in [1.54, 1.807) is 12.4 Å². The molecule has 0 aliphatic rings. The molecule has 0 unspecified atom stereocenters. The van der Waals surface area contributed by atoms with Crippen LogP contribution < -0.4 is 22.1 Å². The second-order valence-electron chi connectivity index (χ2n) is 6.62. The van der Waals surface area contributed by atoms with Gasteiger partial charge in [0, 0.05) is 25.5 Å². The maximum atomic E-state index is 12.6. The van der Waals surface area contributed by atoms with Gasteiger partial charge in [0.05, 0.1) is 12.1 Å². The number of aldehydes is 1. The molecular formula is C18H30N6O2. The fraction of sp³-hybridized carbons (Fsp3) is 0.556. The molecule has 1 rings (SSSR count). The highest BCUT2D eigenvalue weighted by Crippen LogP contribution is 2.07. The molecule has 0 radical (unpaired) electrons. The van der Waals surface area contributed by atoms with Crippen molar-refractivity contribution < 1.29 is 9.59 Å². The normalized spacial score (nSPS) is 13.0. The maximum absolute atomic E-state index is 12.6. The Morgan fingerprint density at radius 1 is 1.31 bits per heavy atom. The van der Waals surface area contributed by atoms with Crippen LogP contribution in [-0.4, -0.2) is 41.8 Å². The molecule has 2 atom stereocenters. The molecule has 0 aliphatic heterocycles. The Balaban J connectivity index is 2.56. The second-order valence-corrected chi connectivity index (χ2v) is 6.62. The Morgan fingerprint density at radius 2 is 2.00 bits per heavy atom. The number of carbonyl (C=O) groups is 2. The van der Waals surface area contributed by atoms with Crippen molar-refractivity contribution >= 4 is 18.2 Å². The number of pyridine rings is 1. The lowest BCUT2D eigenvalue weighted by molar-refractivity contribution is -0.126. The average molecular weight is 362 g/mol. The van der Waals surface area contributed by atoms with E-state index in [9.17, 15) is 9.59 Å². The number of nitrogens with one attached hydrogen (secondary N) is 2. The van der Waals surface area contributed by atoms with Crippen LogP contribution in [0.5, 0.6) is 0 Å². The van der Waals surface area contributed by atoms with Crippen molar-refractivity contribution in [3.8, 4) is 0 Å². The highest BCUT2D eigenvalue weighted by atomic mass is 16.2. The summed E-state index contributed by atoms with van der Waals surface area (Å²) in [5, 5.41) is 6.07. The van der Waals surface area contributed by atoms with Gasteiger partial charge in [0.25, 0.3) is 0 Å². The second kappa shape index (κ2) is 12.0. The third kappa shape index (κ3) is 9.12. The summed E-state index contributed by atoms with van der Waals surface area (Å²) in [7, 11) is 0. The topological polar surface area (TPSA) is 135 Å². The van der Waals surface area contributed by atoms with Gasteiger partial charge in [-0.25, -0.2) is 0 Å². The number of guanidine groups is 1. The number of carbonyl (C=O) groups excluding carboxylic acids is 2. The smallest absolute Gasteiger partial charge is 0.237 e. The van der Waals surface area contributed by atoms with Gasteiger partial charge in [-0.15, -0.1) is 0 Å². The zero-order valence-corrected chi connectivity index (χ0v) is 15.5. The van der Waals surface area contributed by atoms with Crippen LogP contribution in [0, 0.1) is 5.92 Å². The van der Waals surface area contributed by atoms with E-state index in [0.717, 1.165) is 11.8 Å². The number of hydrogen-bond donors (Lipinski definition) is 4. The zero-order valence-electron chi connectivity index (χ0n) is 15.5. The fourth-order valence-corrected chi connectivity index (χ4v) is 2.47. The van der Waals surface area contributed by atoms with Crippen LogP contribution in [0.25, 0.3) is 0 Å². The number of amides is 1. The van der Waals surface area contributed by atoms with Crippen molar-refractivity contribution in [3.63, 3.8) is 0 Å². The van der Waals surface area contributed by atoms with Crippen molar-refractivity contribution in [2.75, 3.05) is 6.54 Å². The molecule has 144 valence electrons. The highest BCUT2D eigenvalue weighted by molar-refractivity contribution is 5.84. The number of rotatable bonds is 12. The molecule has 1 heterocycles. The van der Waals surface area contributed by atoms with Gasteiger partial charge in [0.1, 0.15) is 6.29 Å². The summed E-state index contributed by atoms with van der Waals surface area (Å²) in [6.07, 6.45) is 5.96. The molecule has 0 fully saturated rings. The van der Waals surface area contributed by atoms with Crippen molar-refractivity contribution in [3.05, 3.63) is 30.1 Å². The van der Waals surface area contributed by atoms with Gasteiger partial charge in [-0.3, -0.25) is 14.8 Å². The SMILES string of the molecule is CC(C)C[C@H](NCc1ccncc1)C(=O)N[C@H](C=O)CCCN=C(N)N. The summed E-state index contributed by atoms with van der Waals surface area (Å²) in [6, 6.07) is 2.88. The Hall–Kier alpha value is -2.48. The first-order valence-electron chi connectivity index (χ1n) is 8.85. The molecule has 0 saturated heterocycles. The molecule has 1 amide bonds. The van der Waals surface area contributed by atoms with Gasteiger partial charge in [-0.05, 0) is 42.9 Å². The van der Waals surface area contributed by atoms with Gasteiger partial charge < -0.3 is 26.9 Å². The Morgan fingerprint density at radius 3 is 2.58 bits per heavy atom. The molecular weight excluding hydrogens is 332 g/mol. The summed E-state index contributed by atoms with van der Waals surface area (Å²) >= 11 is 0. The first kappa shape index (κ1) is 21.6. The van der Waals surface area contributed by atoms with E-state index in [1.165, 1.54) is 0 Å². The number of aliphatic imine (C=N–C) groups is 1. The van der Waals surface area contributed by atoms with Crippen LogP contribution in [0.1, 0.15) is 38.7 Å². The molecule has 0 spiro atoms. The minimum atomic E-state index is -0.547. The standard InChI is InChI=1S/C18H30N6O2/c1-13(2)10-16(23-11-14-5-8-21-9-6-14)17(26)24-15(12-25)4-3-7-22-18(19)20/h5-6,8-9,12-13,15-16,23H,3-4,7,10-11H2,1-2H3,(H,24,26)(H4,19,20,22)/t15-,16-/m0/s1. The number of aromatic nitrogens is 1. The Labute approximate surface area is 154 Å². The lowest BCUT2D eigenvalue weighted by Crippen LogP contribution is -2.48. The molecule has 8 nitrogen and oxygen atoms in total. The largest absolute Gasteiger partial charge is 0.370 e. The number of nitrogens with two attached hydrogens (primary N) is 2. The van der Waals surface area contributed by atoms with E-state index in [4.69, 9.17) is 11.5 Å². The van der Waals surface area contributed by atoms with E-state index in [-0.39, 0.29) is 17.9 Å². The minimum Gasteiger partial charge on any atom is -0.370 e. The summed E-state index contributed by atoms with van der Waals surface area (Å²) < 4.78 is 0. The van der Waals surface area contributed by atoms with Gasteiger partial charge in [-0.1, -0.05) is 13.8 Å². The van der Waals surface area contributed by atoms with Crippen LogP contribution >= 0.6 is 0 Å². The quantitative estimate of drug-likeness (QED) is 0.183. The van der Waals surface area contributed by atoms with E-state index >= 15 is 0 Å². The van der Waals surface area contributed by atoms with E-state index < -0.39 is 6.04 Å². The van der Waals surface area contributed by atoms with Gasteiger partial charge in [0.15, 0.2) is 5.96 Å². The van der Waals surface area contributed by atoms with E-state index in [1.807, 2.05) is 12.1 Å². The van der Waals surface area contributed by atoms with Crippen LogP contribution in [0.3, 0.4) is 0 Å². The third-order valence-electron chi connectivity index (χ3n) is 3.79. The number of nitrogens with zero attached hydrogens (tertiary/aromatic N) is 2. The zero-order chi connectivity index (χ0) is 19.4. The van der Waals surface area contributed by atoms with Crippen LogP contribution in [-0.2, 0) is 16.1 Å². The predicted molar refractivity (Wildman–Crippen MR) is 102 cm³/mol. The monoisotopic (exact) mass is 362 g/mol. The van der Waals surface area contributed by atoms with Gasteiger partial charge in [0.2, 0.25) is 5.91 Å². The Kier molecular flexibility index (Phi) is 9.93. The summed E-state index contributed by atoms with van der Waals surface area (Å²) in [5.41, 5.74) is 11.6. The van der Waals surface area contributed by atoms with Crippen LogP contribution in [0.15, 0.2) is 29.5 Å². The van der Waals surface area contributed by atoms with E-state index in [2.05, 4.69) is 34.5 Å². The van der Waals surface area contributed by atoms with Crippen molar-refractivity contribution in [1.82, 2.24) is 15.6 Å². The van der Waals surface area contributed by atoms with Crippen LogP contribution in [0.2, 0.25) is 0 Å². The molecule has 0 aromatic carbocycles. The van der Waals surface area contributed by atoms with Gasteiger partial charge >= 0.3 is 0 Å². The average Bonchev–Trinajstić information content (AvgIpc) is 2.61. The molecule has 0 bridgehead atoms. The number of hydrogen-bond acceptors (Lipinski definition) is 5. The molecule has 0 saturated carbocycles. The maximum Gasteiger partial charge on any atom is 0.237 e. The van der Waals surface area contributed by atoms with Gasteiger partial charge in [-0.2, -0.15) is 0 Å². The summed E-state index contributed by atoms with van der Waals surface area (Å²) in [6.45, 7) is 5.10. The fourth-order valence-electron chi connectivity index (χ4n) is 2.47. The van der Waals surface area contributed by atoms with Crippen molar-refractivity contribution in [1.29, 1.82) is 0 Å². The molecule has 1 aromatic rings. The summed E-state index contributed by atoms with van der Waals surface area (Å²) in [4.78, 5) is 31.7. The molecule has 6 N–H and O–H groups in total. The first-order chi connectivity index (χ1) is 12.4. The highest BCUT2D eigenvalue weighted by Gasteiger charge is 2.21. The summed E-state index contributed by atoms with van der Waals surface area (Å²) in [5.74, 6) is 0.188. The first-order valence-corrected chi connectivity index (χ1v) is 8.85. The molecule has 1 aromatic heterocycles. The van der Waals surface area contributed by atoms with Crippen molar-refractivity contribution in [2.45, 2.75) is 51.7 Å². The van der Waals surface area contributed by atoms with E-state index in [0.29, 0.717) is 38.3 Å². The van der Waals surface area contributed by atoms with Crippen LogP contribution in [0.4, 0.5) is 0 Å². The Bertz CT molecular complexity index is 572. The lowest BCUT2D eigenvalue weighted by Gasteiger charge is -2.22. The third-order valence-corrected chi connectivity index (χ3v) is 3.79.